The highest BCUT2D eigenvalue weighted by Crippen LogP contribution is 2.22. The second kappa shape index (κ2) is 6.17. The Balaban J connectivity index is 2.78. The van der Waals surface area contributed by atoms with Gasteiger partial charge < -0.3 is 10.5 Å². The van der Waals surface area contributed by atoms with Crippen molar-refractivity contribution in [2.75, 3.05) is 6.61 Å². The van der Waals surface area contributed by atoms with Crippen LogP contribution in [-0.2, 0) is 4.79 Å². The van der Waals surface area contributed by atoms with E-state index in [-0.39, 0.29) is 12.2 Å². The zero-order valence-electron chi connectivity index (χ0n) is 9.57. The Morgan fingerprint density at radius 3 is 2.82 bits per heavy atom. The number of hydrazine groups is 1. The zero-order valence-corrected chi connectivity index (χ0v) is 9.57. The molecule has 94 valence electrons. The third kappa shape index (κ3) is 3.69. The van der Waals surface area contributed by atoms with E-state index < -0.39 is 17.8 Å². The van der Waals surface area contributed by atoms with Crippen LogP contribution in [0.15, 0.2) is 18.2 Å². The molecule has 5 nitrogen and oxygen atoms in total. The summed E-state index contributed by atoms with van der Waals surface area (Å²) >= 11 is 0. The molecular formula is C11H16FN3O2. The number of carbonyl (C=O) groups is 1. The van der Waals surface area contributed by atoms with Crippen molar-refractivity contribution in [1.29, 1.82) is 0 Å². The van der Waals surface area contributed by atoms with Crippen molar-refractivity contribution in [1.82, 2.24) is 5.43 Å². The van der Waals surface area contributed by atoms with Gasteiger partial charge in [0, 0.05) is 12.5 Å². The van der Waals surface area contributed by atoms with Gasteiger partial charge in [-0.1, -0.05) is 6.07 Å². The summed E-state index contributed by atoms with van der Waals surface area (Å²) < 4.78 is 18.6. The lowest BCUT2D eigenvalue weighted by atomic mass is 10.0. The number of hydrogen-bond acceptors (Lipinski definition) is 4. The quantitative estimate of drug-likeness (QED) is 0.400. The van der Waals surface area contributed by atoms with Crippen LogP contribution in [0.5, 0.6) is 5.75 Å². The molecule has 1 rings (SSSR count). The maximum Gasteiger partial charge on any atom is 0.235 e. The maximum absolute atomic E-state index is 13.5. The number of hydrogen-bond donors (Lipinski definition) is 3. The molecule has 0 heterocycles. The molecule has 1 amide bonds. The van der Waals surface area contributed by atoms with Crippen LogP contribution in [0.4, 0.5) is 4.39 Å². The van der Waals surface area contributed by atoms with Crippen molar-refractivity contribution in [2.24, 2.45) is 11.6 Å². The highest BCUT2D eigenvalue weighted by molar-refractivity contribution is 5.76. The molecular weight excluding hydrogens is 225 g/mol. The molecule has 0 aliphatic heterocycles. The van der Waals surface area contributed by atoms with Crippen molar-refractivity contribution >= 4 is 5.91 Å². The molecule has 0 fully saturated rings. The summed E-state index contributed by atoms with van der Waals surface area (Å²) in [5, 5.41) is 0. The van der Waals surface area contributed by atoms with Crippen LogP contribution in [0.25, 0.3) is 0 Å². The summed E-state index contributed by atoms with van der Waals surface area (Å²) in [7, 11) is 0. The van der Waals surface area contributed by atoms with Crippen LogP contribution < -0.4 is 21.7 Å². The van der Waals surface area contributed by atoms with Gasteiger partial charge in [0.05, 0.1) is 6.61 Å². The minimum atomic E-state index is -0.594. The van der Waals surface area contributed by atoms with Crippen LogP contribution in [0, 0.1) is 5.82 Å². The van der Waals surface area contributed by atoms with E-state index >= 15 is 0 Å². The Kier molecular flexibility index (Phi) is 4.86. The third-order valence-electron chi connectivity index (χ3n) is 2.25. The zero-order chi connectivity index (χ0) is 12.8. The number of halogens is 1. The Morgan fingerprint density at radius 2 is 2.29 bits per heavy atom. The smallest absolute Gasteiger partial charge is 0.235 e. The van der Waals surface area contributed by atoms with Crippen LogP contribution in [0.3, 0.4) is 0 Å². The monoisotopic (exact) mass is 241 g/mol. The summed E-state index contributed by atoms with van der Waals surface area (Å²) in [6.07, 6.45) is 0.00389. The third-order valence-corrected chi connectivity index (χ3v) is 2.25. The number of ether oxygens (including phenoxy) is 1. The number of nitrogens with two attached hydrogens (primary N) is 2. The molecule has 0 aromatic heterocycles. The van der Waals surface area contributed by atoms with Crippen molar-refractivity contribution in [3.63, 3.8) is 0 Å². The van der Waals surface area contributed by atoms with Crippen LogP contribution >= 0.6 is 0 Å². The normalized spacial score (nSPS) is 12.0. The molecule has 5 N–H and O–H groups in total. The molecule has 1 aromatic rings. The fourth-order valence-electron chi connectivity index (χ4n) is 1.40. The fourth-order valence-corrected chi connectivity index (χ4v) is 1.40. The number of amides is 1. The fraction of sp³-hybridized carbons (Fsp3) is 0.364. The van der Waals surface area contributed by atoms with Gasteiger partial charge in [-0.05, 0) is 24.6 Å². The van der Waals surface area contributed by atoms with Gasteiger partial charge in [-0.3, -0.25) is 10.2 Å². The minimum absolute atomic E-state index is 0.00389. The number of rotatable bonds is 5. The lowest BCUT2D eigenvalue weighted by molar-refractivity contribution is -0.121. The Morgan fingerprint density at radius 1 is 1.59 bits per heavy atom. The number of nitrogens with one attached hydrogen (secondary N) is 1. The summed E-state index contributed by atoms with van der Waals surface area (Å²) in [4.78, 5) is 11.0. The summed E-state index contributed by atoms with van der Waals surface area (Å²) in [6.45, 7) is 2.16. The van der Waals surface area contributed by atoms with E-state index in [1.54, 1.807) is 13.0 Å². The van der Waals surface area contributed by atoms with Crippen molar-refractivity contribution in [2.45, 2.75) is 19.4 Å². The van der Waals surface area contributed by atoms with E-state index in [0.29, 0.717) is 12.2 Å². The summed E-state index contributed by atoms with van der Waals surface area (Å²) in [6, 6.07) is 3.79. The lowest BCUT2D eigenvalue weighted by Crippen LogP contribution is -2.32. The van der Waals surface area contributed by atoms with Gasteiger partial charge in [0.1, 0.15) is 0 Å². The highest BCUT2D eigenvalue weighted by atomic mass is 19.1. The Hall–Kier alpha value is -1.66. The van der Waals surface area contributed by atoms with Crippen molar-refractivity contribution in [3.8, 4) is 5.75 Å². The van der Waals surface area contributed by atoms with E-state index in [2.05, 4.69) is 0 Å². The standard InChI is InChI=1S/C11H16FN3O2/c1-2-17-10-4-3-7(5-8(10)12)9(13)6-11(16)15-14/h3-5,9H,2,6,13-14H2,1H3,(H,15,16). The van der Waals surface area contributed by atoms with Gasteiger partial charge in [0.25, 0.3) is 0 Å². The molecule has 0 spiro atoms. The van der Waals surface area contributed by atoms with Crippen molar-refractivity contribution in [3.05, 3.63) is 29.6 Å². The minimum Gasteiger partial charge on any atom is -0.491 e. The summed E-state index contributed by atoms with van der Waals surface area (Å²) in [5.74, 6) is 4.23. The predicted octanol–water partition coefficient (Wildman–Crippen LogP) is 0.604. The molecule has 0 radical (unpaired) electrons. The molecule has 0 saturated heterocycles. The first kappa shape index (κ1) is 13.4. The molecule has 0 saturated carbocycles. The highest BCUT2D eigenvalue weighted by Gasteiger charge is 2.13. The number of benzene rings is 1. The molecule has 0 aliphatic carbocycles. The van der Waals surface area contributed by atoms with Crippen LogP contribution in [-0.4, -0.2) is 12.5 Å². The van der Waals surface area contributed by atoms with Crippen LogP contribution in [0.1, 0.15) is 24.9 Å². The second-order valence-electron chi connectivity index (χ2n) is 3.50. The Labute approximate surface area is 98.9 Å². The molecule has 0 aliphatic rings. The van der Waals surface area contributed by atoms with E-state index in [1.807, 2.05) is 5.43 Å². The lowest BCUT2D eigenvalue weighted by Gasteiger charge is -2.12. The Bertz CT molecular complexity index is 398. The molecule has 0 bridgehead atoms. The average Bonchev–Trinajstić information content (AvgIpc) is 2.31. The molecule has 1 aromatic carbocycles. The second-order valence-corrected chi connectivity index (χ2v) is 3.50. The first-order valence-corrected chi connectivity index (χ1v) is 5.25. The van der Waals surface area contributed by atoms with E-state index in [1.165, 1.54) is 12.1 Å². The van der Waals surface area contributed by atoms with Gasteiger partial charge in [0.15, 0.2) is 11.6 Å². The predicted molar refractivity (Wildman–Crippen MR) is 61.4 cm³/mol. The molecule has 1 atom stereocenters. The largest absolute Gasteiger partial charge is 0.491 e. The number of carbonyl (C=O) groups excluding carboxylic acids is 1. The SMILES string of the molecule is CCOc1ccc(C(N)CC(=O)NN)cc1F. The summed E-state index contributed by atoms with van der Waals surface area (Å²) in [5.41, 5.74) is 8.24. The van der Waals surface area contributed by atoms with Gasteiger partial charge in [-0.15, -0.1) is 0 Å². The van der Waals surface area contributed by atoms with Gasteiger partial charge in [-0.25, -0.2) is 10.2 Å². The average molecular weight is 241 g/mol. The maximum atomic E-state index is 13.5. The van der Waals surface area contributed by atoms with Gasteiger partial charge in [-0.2, -0.15) is 0 Å². The van der Waals surface area contributed by atoms with Gasteiger partial charge in [0.2, 0.25) is 5.91 Å². The van der Waals surface area contributed by atoms with E-state index in [0.717, 1.165) is 0 Å². The molecule has 1 unspecified atom stereocenters. The van der Waals surface area contributed by atoms with E-state index in [4.69, 9.17) is 16.3 Å². The van der Waals surface area contributed by atoms with E-state index in [9.17, 15) is 9.18 Å². The molecule has 17 heavy (non-hydrogen) atoms. The first-order chi connectivity index (χ1) is 8.08. The topological polar surface area (TPSA) is 90.4 Å². The first-order valence-electron chi connectivity index (χ1n) is 5.25. The van der Waals surface area contributed by atoms with Gasteiger partial charge >= 0.3 is 0 Å². The van der Waals surface area contributed by atoms with Crippen LogP contribution in [0.2, 0.25) is 0 Å². The van der Waals surface area contributed by atoms with Crippen molar-refractivity contribution < 1.29 is 13.9 Å². The molecule has 6 heteroatoms.